The molecule has 0 unspecified atom stereocenters. The van der Waals surface area contributed by atoms with Crippen LogP contribution < -0.4 is 5.32 Å². The molecular weight excluding hydrogens is 282 g/mol. The number of nitrogens with one attached hydrogen (secondary N) is 1. The summed E-state index contributed by atoms with van der Waals surface area (Å²) in [7, 11) is 0. The van der Waals surface area contributed by atoms with Gasteiger partial charge in [0.15, 0.2) is 0 Å². The minimum Gasteiger partial charge on any atom is -0.459 e. The van der Waals surface area contributed by atoms with Crippen molar-refractivity contribution >= 4 is 11.9 Å². The molecule has 0 spiro atoms. The van der Waals surface area contributed by atoms with Crippen LogP contribution in [-0.4, -0.2) is 36.2 Å². The molecule has 0 saturated carbocycles. The minimum absolute atomic E-state index is 0.00980. The highest BCUT2D eigenvalue weighted by molar-refractivity contribution is 5.78. The summed E-state index contributed by atoms with van der Waals surface area (Å²) >= 11 is 0. The summed E-state index contributed by atoms with van der Waals surface area (Å²) in [6, 6.07) is 0. The van der Waals surface area contributed by atoms with E-state index in [1.807, 2.05) is 0 Å². The Balaban J connectivity index is 1.79. The molecule has 1 aliphatic carbocycles. The predicted octanol–water partition coefficient (Wildman–Crippen LogP) is 1.96. The Morgan fingerprint density at radius 1 is 1.50 bits per heavy atom. The molecule has 2 fully saturated rings. The molecule has 0 aromatic heterocycles. The average molecular weight is 307 g/mol. The third-order valence-electron chi connectivity index (χ3n) is 5.31. The van der Waals surface area contributed by atoms with Gasteiger partial charge >= 0.3 is 5.97 Å². The third-order valence-corrected chi connectivity index (χ3v) is 5.31. The van der Waals surface area contributed by atoms with Crippen LogP contribution >= 0.6 is 0 Å². The second kappa shape index (κ2) is 5.69. The van der Waals surface area contributed by atoms with Gasteiger partial charge in [-0.15, -0.1) is 0 Å². The number of hydrogen-bond acceptors (Lipinski definition) is 4. The van der Waals surface area contributed by atoms with Crippen molar-refractivity contribution < 1.29 is 19.1 Å². The highest BCUT2D eigenvalue weighted by Gasteiger charge is 2.62. The van der Waals surface area contributed by atoms with Gasteiger partial charge in [-0.05, 0) is 39.5 Å². The number of amides is 1. The van der Waals surface area contributed by atoms with E-state index in [0.717, 1.165) is 25.7 Å². The van der Waals surface area contributed by atoms with Gasteiger partial charge in [-0.25, -0.2) is 0 Å². The van der Waals surface area contributed by atoms with E-state index in [2.05, 4.69) is 25.2 Å². The molecule has 5 atom stereocenters. The smallest absolute Gasteiger partial charge is 0.311 e. The number of hydrogen-bond donors (Lipinski definition) is 1. The third kappa shape index (κ3) is 2.91. The highest BCUT2D eigenvalue weighted by atomic mass is 16.6. The first-order valence-corrected chi connectivity index (χ1v) is 8.19. The summed E-state index contributed by atoms with van der Waals surface area (Å²) in [5.74, 6) is -0.440. The van der Waals surface area contributed by atoms with Crippen LogP contribution in [-0.2, 0) is 19.1 Å². The van der Waals surface area contributed by atoms with E-state index in [1.165, 1.54) is 12.5 Å². The van der Waals surface area contributed by atoms with E-state index in [0.29, 0.717) is 6.54 Å². The molecule has 0 aromatic carbocycles. The van der Waals surface area contributed by atoms with Gasteiger partial charge in [0.05, 0.1) is 11.5 Å². The monoisotopic (exact) mass is 307 g/mol. The van der Waals surface area contributed by atoms with Crippen LogP contribution in [0.3, 0.4) is 0 Å². The number of fused-ring (bicyclic) bond motifs is 3. The second-order valence-corrected chi connectivity index (χ2v) is 7.09. The van der Waals surface area contributed by atoms with Gasteiger partial charge < -0.3 is 14.8 Å². The van der Waals surface area contributed by atoms with E-state index in [4.69, 9.17) is 9.47 Å². The van der Waals surface area contributed by atoms with E-state index >= 15 is 0 Å². The normalized spacial score (nSPS) is 43.2. The highest BCUT2D eigenvalue weighted by Crippen LogP contribution is 2.50. The van der Waals surface area contributed by atoms with E-state index in [9.17, 15) is 9.59 Å². The summed E-state index contributed by atoms with van der Waals surface area (Å²) in [6.45, 7) is 6.08. The van der Waals surface area contributed by atoms with Crippen LogP contribution in [0.2, 0.25) is 0 Å². The van der Waals surface area contributed by atoms with E-state index < -0.39 is 0 Å². The zero-order valence-electron chi connectivity index (χ0n) is 13.6. The number of allylic oxidation sites excluding steroid dienone is 2. The maximum absolute atomic E-state index is 12.3. The quantitative estimate of drug-likeness (QED) is 0.481. The van der Waals surface area contributed by atoms with Crippen molar-refractivity contribution in [2.24, 2.45) is 11.8 Å². The molecule has 122 valence electrons. The van der Waals surface area contributed by atoms with Gasteiger partial charge in [-0.2, -0.15) is 0 Å². The van der Waals surface area contributed by atoms with Gasteiger partial charge in [0.25, 0.3) is 0 Å². The lowest BCUT2D eigenvalue weighted by molar-refractivity contribution is -0.144. The fourth-order valence-electron chi connectivity index (χ4n) is 3.83. The Hall–Kier alpha value is -1.36. The molecule has 1 N–H and O–H groups in total. The molecule has 0 radical (unpaired) electrons. The molecule has 2 aliphatic heterocycles. The van der Waals surface area contributed by atoms with Crippen molar-refractivity contribution in [3.05, 3.63) is 11.6 Å². The Morgan fingerprint density at radius 2 is 2.27 bits per heavy atom. The first-order valence-electron chi connectivity index (χ1n) is 8.19. The number of epoxide rings is 1. The fourth-order valence-corrected chi connectivity index (χ4v) is 3.83. The number of esters is 1. The molecule has 3 aliphatic rings. The van der Waals surface area contributed by atoms with Crippen molar-refractivity contribution in [2.45, 2.75) is 64.3 Å². The molecule has 3 rings (SSSR count). The maximum atomic E-state index is 12.3. The number of carbonyl (C=O) groups is 2. The SMILES string of the molecule is CC(=O)NC[C@@H]1C(=O)O[C@H]2[C@H]1CC/C(C)=C\CC[C@]1(C)O[C@@H]21. The molecule has 0 aromatic rings. The number of rotatable bonds is 2. The first-order chi connectivity index (χ1) is 10.4. The van der Waals surface area contributed by atoms with Crippen molar-refractivity contribution in [1.82, 2.24) is 5.32 Å². The lowest BCUT2D eigenvalue weighted by Gasteiger charge is -2.22. The lowest BCUT2D eigenvalue weighted by atomic mass is 9.80. The first kappa shape index (κ1) is 15.5. The van der Waals surface area contributed by atoms with Crippen molar-refractivity contribution in [3.63, 3.8) is 0 Å². The van der Waals surface area contributed by atoms with Crippen molar-refractivity contribution in [1.29, 1.82) is 0 Å². The summed E-state index contributed by atoms with van der Waals surface area (Å²) in [5.41, 5.74) is 1.19. The van der Waals surface area contributed by atoms with Crippen molar-refractivity contribution in [2.75, 3.05) is 6.54 Å². The van der Waals surface area contributed by atoms with Crippen LogP contribution in [0.5, 0.6) is 0 Å². The largest absolute Gasteiger partial charge is 0.459 e. The number of ether oxygens (including phenoxy) is 2. The number of carbonyl (C=O) groups excluding carboxylic acids is 2. The lowest BCUT2D eigenvalue weighted by Crippen LogP contribution is -2.35. The van der Waals surface area contributed by atoms with Crippen LogP contribution in [0.25, 0.3) is 0 Å². The van der Waals surface area contributed by atoms with Gasteiger partial charge in [0.2, 0.25) is 5.91 Å². The minimum atomic E-state index is -0.255. The van der Waals surface area contributed by atoms with Crippen LogP contribution in [0, 0.1) is 11.8 Å². The molecular formula is C17H25NO4. The zero-order chi connectivity index (χ0) is 15.9. The maximum Gasteiger partial charge on any atom is 0.311 e. The van der Waals surface area contributed by atoms with Gasteiger partial charge in [0, 0.05) is 19.4 Å². The molecule has 2 saturated heterocycles. The standard InChI is InChI=1S/C17H25NO4/c1-10-5-4-8-17(3)15(22-17)14-12(7-6-10)13(16(20)21-14)9-18-11(2)19/h5,12-15H,4,6-9H2,1-3H3,(H,18,19)/b10-5-/t12-,13-,14-,15-,17-/m0/s1. The van der Waals surface area contributed by atoms with E-state index in [1.54, 1.807) is 0 Å². The van der Waals surface area contributed by atoms with Gasteiger partial charge in [0.1, 0.15) is 12.2 Å². The fraction of sp³-hybridized carbons (Fsp3) is 0.765. The molecule has 1 amide bonds. The average Bonchev–Trinajstić information content (AvgIpc) is 3.00. The Kier molecular flexibility index (Phi) is 4.02. The van der Waals surface area contributed by atoms with Gasteiger partial charge in [-0.3, -0.25) is 9.59 Å². The molecule has 5 nitrogen and oxygen atoms in total. The molecule has 2 heterocycles. The summed E-state index contributed by atoms with van der Waals surface area (Å²) in [4.78, 5) is 23.4. The van der Waals surface area contributed by atoms with Gasteiger partial charge in [-0.1, -0.05) is 11.6 Å². The molecule has 0 bridgehead atoms. The predicted molar refractivity (Wildman–Crippen MR) is 81.0 cm³/mol. The Labute approximate surface area is 131 Å². The molecule has 5 heteroatoms. The van der Waals surface area contributed by atoms with E-state index in [-0.39, 0.29) is 41.5 Å². The Bertz CT molecular complexity index is 515. The zero-order valence-corrected chi connectivity index (χ0v) is 13.6. The van der Waals surface area contributed by atoms with Crippen LogP contribution in [0.1, 0.15) is 46.5 Å². The summed E-state index contributed by atoms with van der Waals surface area (Å²) in [6.07, 6.45) is 5.98. The van der Waals surface area contributed by atoms with Crippen molar-refractivity contribution in [3.8, 4) is 0 Å². The second-order valence-electron chi connectivity index (χ2n) is 7.09. The topological polar surface area (TPSA) is 67.9 Å². The van der Waals surface area contributed by atoms with Crippen LogP contribution in [0.4, 0.5) is 0 Å². The van der Waals surface area contributed by atoms with Crippen LogP contribution in [0.15, 0.2) is 11.6 Å². The molecule has 22 heavy (non-hydrogen) atoms. The Morgan fingerprint density at radius 3 is 3.00 bits per heavy atom. The summed E-state index contributed by atoms with van der Waals surface area (Å²) < 4.78 is 11.6. The summed E-state index contributed by atoms with van der Waals surface area (Å²) in [5, 5.41) is 2.77.